The smallest absolute Gasteiger partial charge is 0.238 e. The van der Waals surface area contributed by atoms with E-state index < -0.39 is 0 Å². The van der Waals surface area contributed by atoms with Crippen LogP contribution >= 0.6 is 0 Å². The molecule has 0 spiro atoms. The third kappa shape index (κ3) is 1.47. The lowest BCUT2D eigenvalue weighted by Crippen LogP contribution is -2.21. The Hall–Kier alpha value is -1.81. The van der Waals surface area contributed by atoms with Crippen molar-refractivity contribution in [1.82, 2.24) is 0 Å². The molecule has 4 nitrogen and oxygen atoms in total. The molecular weight excluding hydrogens is 180 g/mol. The van der Waals surface area contributed by atoms with Crippen LogP contribution in [0.25, 0.3) is 11.0 Å². The van der Waals surface area contributed by atoms with Crippen LogP contribution in [-0.2, 0) is 4.79 Å². The summed E-state index contributed by atoms with van der Waals surface area (Å²) in [5.41, 5.74) is 6.53. The zero-order valence-electron chi connectivity index (χ0n) is 7.49. The van der Waals surface area contributed by atoms with Gasteiger partial charge in [0.2, 0.25) is 5.91 Å². The molecule has 0 unspecified atom stereocenters. The molecule has 0 aliphatic heterocycles. The van der Waals surface area contributed by atoms with Crippen LogP contribution < -0.4 is 11.1 Å². The molecule has 2 rings (SSSR count). The normalized spacial score (nSPS) is 10.4. The van der Waals surface area contributed by atoms with Gasteiger partial charge in [-0.1, -0.05) is 12.1 Å². The van der Waals surface area contributed by atoms with Gasteiger partial charge in [0, 0.05) is 5.39 Å². The Kier molecular flexibility index (Phi) is 2.20. The van der Waals surface area contributed by atoms with Crippen molar-refractivity contribution in [2.24, 2.45) is 5.73 Å². The van der Waals surface area contributed by atoms with Crippen molar-refractivity contribution in [3.63, 3.8) is 0 Å². The van der Waals surface area contributed by atoms with Crippen LogP contribution in [0.15, 0.2) is 34.9 Å². The number of anilines is 1. The average molecular weight is 190 g/mol. The van der Waals surface area contributed by atoms with E-state index in [1.54, 1.807) is 12.3 Å². The lowest BCUT2D eigenvalue weighted by Gasteiger charge is -2.03. The number of benzene rings is 1. The second-order valence-corrected chi connectivity index (χ2v) is 2.90. The number of carbonyl (C=O) groups excluding carboxylic acids is 1. The highest BCUT2D eigenvalue weighted by Gasteiger charge is 2.05. The molecule has 0 bridgehead atoms. The van der Waals surface area contributed by atoms with E-state index in [0.717, 1.165) is 5.39 Å². The molecule has 4 heteroatoms. The fraction of sp³-hybridized carbons (Fsp3) is 0.100. The van der Waals surface area contributed by atoms with Gasteiger partial charge in [-0.05, 0) is 12.1 Å². The van der Waals surface area contributed by atoms with Crippen molar-refractivity contribution >= 4 is 22.6 Å². The Labute approximate surface area is 80.7 Å². The fourth-order valence-electron chi connectivity index (χ4n) is 1.29. The molecule has 1 heterocycles. The first-order valence-corrected chi connectivity index (χ1v) is 4.27. The van der Waals surface area contributed by atoms with Gasteiger partial charge < -0.3 is 15.5 Å². The van der Waals surface area contributed by atoms with Crippen molar-refractivity contribution in [1.29, 1.82) is 0 Å². The van der Waals surface area contributed by atoms with E-state index >= 15 is 0 Å². The minimum absolute atomic E-state index is 0.0307. The molecule has 2 aromatic rings. The van der Waals surface area contributed by atoms with Crippen LogP contribution in [-0.4, -0.2) is 12.5 Å². The molecule has 1 aromatic carbocycles. The molecule has 1 amide bonds. The van der Waals surface area contributed by atoms with E-state index in [1.165, 1.54) is 0 Å². The van der Waals surface area contributed by atoms with Crippen LogP contribution in [0.5, 0.6) is 0 Å². The number of nitrogens with two attached hydrogens (primary N) is 1. The maximum Gasteiger partial charge on any atom is 0.238 e. The molecule has 72 valence electrons. The van der Waals surface area contributed by atoms with E-state index in [1.807, 2.05) is 18.2 Å². The minimum atomic E-state index is -0.228. The van der Waals surface area contributed by atoms with Gasteiger partial charge >= 0.3 is 0 Å². The van der Waals surface area contributed by atoms with Gasteiger partial charge in [0.15, 0.2) is 5.58 Å². The van der Waals surface area contributed by atoms with Crippen LogP contribution in [0, 0.1) is 0 Å². The summed E-state index contributed by atoms with van der Waals surface area (Å²) in [6.07, 6.45) is 1.59. The van der Waals surface area contributed by atoms with Gasteiger partial charge in [0.05, 0.1) is 18.5 Å². The quantitative estimate of drug-likeness (QED) is 0.750. The van der Waals surface area contributed by atoms with Gasteiger partial charge in [-0.25, -0.2) is 0 Å². The van der Waals surface area contributed by atoms with E-state index in [4.69, 9.17) is 10.2 Å². The zero-order chi connectivity index (χ0) is 9.97. The predicted molar refractivity (Wildman–Crippen MR) is 53.9 cm³/mol. The Balaban J connectivity index is 2.41. The third-order valence-corrected chi connectivity index (χ3v) is 1.94. The summed E-state index contributed by atoms with van der Waals surface area (Å²) >= 11 is 0. The lowest BCUT2D eigenvalue weighted by molar-refractivity contribution is -0.114. The molecule has 0 radical (unpaired) electrons. The summed E-state index contributed by atoms with van der Waals surface area (Å²) < 4.78 is 5.24. The maximum absolute atomic E-state index is 11.1. The molecule has 1 aromatic heterocycles. The second kappa shape index (κ2) is 3.51. The molecule has 0 saturated heterocycles. The first-order chi connectivity index (χ1) is 6.81. The number of para-hydroxylation sites is 1. The first-order valence-electron chi connectivity index (χ1n) is 4.27. The van der Waals surface area contributed by atoms with Crippen LogP contribution in [0.2, 0.25) is 0 Å². The highest BCUT2D eigenvalue weighted by molar-refractivity contribution is 6.00. The van der Waals surface area contributed by atoms with Crippen LogP contribution in [0.1, 0.15) is 0 Å². The van der Waals surface area contributed by atoms with Crippen molar-refractivity contribution in [2.45, 2.75) is 0 Å². The number of amides is 1. The second-order valence-electron chi connectivity index (χ2n) is 2.90. The summed E-state index contributed by atoms with van der Waals surface area (Å²) in [5.74, 6) is -0.228. The summed E-state index contributed by atoms with van der Waals surface area (Å²) in [6, 6.07) is 7.38. The highest BCUT2D eigenvalue weighted by atomic mass is 16.3. The Bertz CT molecular complexity index is 462. The summed E-state index contributed by atoms with van der Waals surface area (Å²) in [6.45, 7) is -0.0307. The molecule has 0 saturated carbocycles. The largest absolute Gasteiger partial charge is 0.462 e. The van der Waals surface area contributed by atoms with E-state index in [2.05, 4.69) is 5.32 Å². The third-order valence-electron chi connectivity index (χ3n) is 1.94. The van der Waals surface area contributed by atoms with Crippen LogP contribution in [0.3, 0.4) is 0 Å². The number of fused-ring (bicyclic) bond motifs is 1. The van der Waals surface area contributed by atoms with Crippen molar-refractivity contribution in [3.8, 4) is 0 Å². The lowest BCUT2D eigenvalue weighted by atomic mass is 10.2. The molecular formula is C10H10N2O2. The molecule has 0 fully saturated rings. The molecule has 0 atom stereocenters. The fourth-order valence-corrected chi connectivity index (χ4v) is 1.29. The standard InChI is InChI=1S/C10H10N2O2/c11-6-9(13)12-8-3-1-2-7-4-5-14-10(7)8/h1-5H,6,11H2,(H,12,13). The van der Waals surface area contributed by atoms with Crippen LogP contribution in [0.4, 0.5) is 5.69 Å². The SMILES string of the molecule is NCC(=O)Nc1cccc2ccoc12. The monoisotopic (exact) mass is 190 g/mol. The number of carbonyl (C=O) groups is 1. The topological polar surface area (TPSA) is 68.3 Å². The van der Waals surface area contributed by atoms with Gasteiger partial charge in [0.25, 0.3) is 0 Å². The summed E-state index contributed by atoms with van der Waals surface area (Å²) in [5, 5.41) is 3.62. The van der Waals surface area contributed by atoms with Gasteiger partial charge in [0.1, 0.15) is 0 Å². The van der Waals surface area contributed by atoms with Gasteiger partial charge in [-0.15, -0.1) is 0 Å². The van der Waals surface area contributed by atoms with Crippen molar-refractivity contribution in [2.75, 3.05) is 11.9 Å². The Morgan fingerprint density at radius 1 is 1.43 bits per heavy atom. The zero-order valence-corrected chi connectivity index (χ0v) is 7.49. The average Bonchev–Trinajstić information content (AvgIpc) is 2.66. The number of hydrogen-bond acceptors (Lipinski definition) is 3. The molecule has 3 N–H and O–H groups in total. The van der Waals surface area contributed by atoms with E-state index in [0.29, 0.717) is 11.3 Å². The van der Waals surface area contributed by atoms with E-state index in [-0.39, 0.29) is 12.5 Å². The number of rotatable bonds is 2. The van der Waals surface area contributed by atoms with E-state index in [9.17, 15) is 4.79 Å². The molecule has 0 aliphatic rings. The number of furan rings is 1. The predicted octanol–water partition coefficient (Wildman–Crippen LogP) is 1.33. The summed E-state index contributed by atoms with van der Waals surface area (Å²) in [4.78, 5) is 11.1. The maximum atomic E-state index is 11.1. The molecule has 0 aliphatic carbocycles. The van der Waals surface area contributed by atoms with Gasteiger partial charge in [-0.3, -0.25) is 4.79 Å². The summed E-state index contributed by atoms with van der Waals surface area (Å²) in [7, 11) is 0. The van der Waals surface area contributed by atoms with Gasteiger partial charge in [-0.2, -0.15) is 0 Å². The Morgan fingerprint density at radius 3 is 3.07 bits per heavy atom. The van der Waals surface area contributed by atoms with Crippen molar-refractivity contribution < 1.29 is 9.21 Å². The van der Waals surface area contributed by atoms with Crippen molar-refractivity contribution in [3.05, 3.63) is 30.5 Å². The first kappa shape index (κ1) is 8.77. The molecule has 14 heavy (non-hydrogen) atoms. The highest BCUT2D eigenvalue weighted by Crippen LogP contribution is 2.23. The Morgan fingerprint density at radius 2 is 2.29 bits per heavy atom. The minimum Gasteiger partial charge on any atom is -0.462 e. The number of nitrogens with one attached hydrogen (secondary N) is 1. The number of hydrogen-bond donors (Lipinski definition) is 2.